The third kappa shape index (κ3) is 2.42. The fraction of sp³-hybridized carbons (Fsp3) is 0.562. The zero-order valence-electron chi connectivity index (χ0n) is 11.3. The predicted molar refractivity (Wildman–Crippen MR) is 74.3 cm³/mol. The molecule has 0 heterocycles. The van der Waals surface area contributed by atoms with Gasteiger partial charge in [0.25, 0.3) is 0 Å². The van der Waals surface area contributed by atoms with Gasteiger partial charge < -0.3 is 5.32 Å². The van der Waals surface area contributed by atoms with E-state index in [9.17, 15) is 5.26 Å². The molecule has 0 atom stereocenters. The summed E-state index contributed by atoms with van der Waals surface area (Å²) in [5, 5.41) is 13.1. The number of hydrogen-bond donors (Lipinski definition) is 1. The van der Waals surface area contributed by atoms with E-state index < -0.39 is 0 Å². The van der Waals surface area contributed by atoms with Crippen molar-refractivity contribution in [2.24, 2.45) is 0 Å². The zero-order valence-corrected chi connectivity index (χ0v) is 11.3. The molecular formula is C16H22N2. The quantitative estimate of drug-likeness (QED) is 0.859. The second-order valence-electron chi connectivity index (χ2n) is 5.35. The minimum absolute atomic E-state index is 0.245. The van der Waals surface area contributed by atoms with Gasteiger partial charge in [-0.25, -0.2) is 0 Å². The maximum atomic E-state index is 9.48. The molecule has 1 aromatic carbocycles. The van der Waals surface area contributed by atoms with Crippen LogP contribution >= 0.6 is 0 Å². The summed E-state index contributed by atoms with van der Waals surface area (Å²) >= 11 is 0. The Morgan fingerprint density at radius 2 is 1.89 bits per heavy atom. The molecule has 1 aliphatic carbocycles. The van der Waals surface area contributed by atoms with E-state index in [1.165, 1.54) is 5.56 Å². The fourth-order valence-electron chi connectivity index (χ4n) is 2.91. The van der Waals surface area contributed by atoms with E-state index >= 15 is 0 Å². The van der Waals surface area contributed by atoms with Crippen molar-refractivity contribution < 1.29 is 0 Å². The number of nitrogens with zero attached hydrogens (tertiary/aromatic N) is 1. The van der Waals surface area contributed by atoms with Crippen molar-refractivity contribution in [3.05, 3.63) is 35.9 Å². The highest BCUT2D eigenvalue weighted by Crippen LogP contribution is 2.43. The molecule has 96 valence electrons. The van der Waals surface area contributed by atoms with Gasteiger partial charge in [-0.3, -0.25) is 0 Å². The van der Waals surface area contributed by atoms with Gasteiger partial charge in [0.05, 0.1) is 11.5 Å². The van der Waals surface area contributed by atoms with Crippen LogP contribution < -0.4 is 5.32 Å². The summed E-state index contributed by atoms with van der Waals surface area (Å²) in [5.41, 5.74) is 0.931. The second kappa shape index (κ2) is 5.54. The molecule has 2 heteroatoms. The first-order valence-electron chi connectivity index (χ1n) is 6.97. The molecule has 0 amide bonds. The van der Waals surface area contributed by atoms with Crippen LogP contribution in [-0.2, 0) is 5.41 Å². The van der Waals surface area contributed by atoms with E-state index in [0.29, 0.717) is 12.1 Å². The van der Waals surface area contributed by atoms with Crippen molar-refractivity contribution in [2.45, 2.75) is 57.0 Å². The molecule has 0 spiro atoms. The maximum Gasteiger partial charge on any atom is 0.0852 e. The zero-order chi connectivity index (χ0) is 13.0. The van der Waals surface area contributed by atoms with Gasteiger partial charge in [0, 0.05) is 12.1 Å². The number of rotatable bonds is 5. The second-order valence-corrected chi connectivity index (χ2v) is 5.35. The van der Waals surface area contributed by atoms with Crippen LogP contribution in [0.1, 0.15) is 45.1 Å². The first kappa shape index (κ1) is 13.1. The van der Waals surface area contributed by atoms with Crippen molar-refractivity contribution in [3.63, 3.8) is 0 Å². The average molecular weight is 242 g/mol. The topological polar surface area (TPSA) is 35.8 Å². The summed E-state index contributed by atoms with van der Waals surface area (Å²) in [4.78, 5) is 0. The largest absolute Gasteiger partial charge is 0.311 e. The first-order chi connectivity index (χ1) is 8.74. The fourth-order valence-corrected chi connectivity index (χ4v) is 2.91. The molecule has 0 saturated heterocycles. The van der Waals surface area contributed by atoms with Gasteiger partial charge in [-0.05, 0) is 31.2 Å². The summed E-state index contributed by atoms with van der Waals surface area (Å²) in [6.45, 7) is 4.43. The number of benzene rings is 1. The molecule has 1 saturated carbocycles. The van der Waals surface area contributed by atoms with Crippen LogP contribution in [0.4, 0.5) is 0 Å². The van der Waals surface area contributed by atoms with Crippen molar-refractivity contribution in [3.8, 4) is 6.07 Å². The van der Waals surface area contributed by atoms with Crippen molar-refractivity contribution in [1.29, 1.82) is 5.26 Å². The van der Waals surface area contributed by atoms with Crippen LogP contribution in [0.2, 0.25) is 0 Å². The highest BCUT2D eigenvalue weighted by Gasteiger charge is 2.46. The lowest BCUT2D eigenvalue weighted by molar-refractivity contribution is 0.205. The van der Waals surface area contributed by atoms with E-state index in [2.05, 4.69) is 37.4 Å². The molecular weight excluding hydrogens is 220 g/mol. The van der Waals surface area contributed by atoms with Crippen molar-refractivity contribution in [2.75, 3.05) is 0 Å². The van der Waals surface area contributed by atoms with Crippen LogP contribution in [0.5, 0.6) is 0 Å². The number of hydrogen-bond acceptors (Lipinski definition) is 2. The molecule has 0 radical (unpaired) electrons. The Balaban J connectivity index is 1.99. The Morgan fingerprint density at radius 1 is 1.28 bits per heavy atom. The molecule has 0 aliphatic heterocycles. The van der Waals surface area contributed by atoms with Crippen LogP contribution in [0.15, 0.2) is 30.3 Å². The van der Waals surface area contributed by atoms with Gasteiger partial charge in [0.1, 0.15) is 0 Å². The summed E-state index contributed by atoms with van der Waals surface area (Å²) < 4.78 is 0. The molecule has 0 aromatic heterocycles. The lowest BCUT2D eigenvalue weighted by Crippen LogP contribution is -2.53. The molecule has 2 rings (SSSR count). The summed E-state index contributed by atoms with van der Waals surface area (Å²) in [6.07, 6.45) is 4.23. The molecule has 18 heavy (non-hydrogen) atoms. The Bertz CT molecular complexity index is 408. The Morgan fingerprint density at radius 3 is 2.39 bits per heavy atom. The molecule has 0 bridgehead atoms. The SMILES string of the molecule is CCC(CC)NC1CC(C#N)(c2ccccc2)C1. The van der Waals surface area contributed by atoms with Crippen LogP contribution in [0.25, 0.3) is 0 Å². The summed E-state index contributed by atoms with van der Waals surface area (Å²) in [7, 11) is 0. The number of nitriles is 1. The van der Waals surface area contributed by atoms with E-state index in [1.54, 1.807) is 0 Å². The minimum Gasteiger partial charge on any atom is -0.311 e. The maximum absolute atomic E-state index is 9.48. The lowest BCUT2D eigenvalue weighted by Gasteiger charge is -2.44. The Kier molecular flexibility index (Phi) is 4.04. The average Bonchev–Trinajstić information content (AvgIpc) is 2.39. The molecule has 2 nitrogen and oxygen atoms in total. The van der Waals surface area contributed by atoms with Crippen LogP contribution in [-0.4, -0.2) is 12.1 Å². The molecule has 1 fully saturated rings. The monoisotopic (exact) mass is 242 g/mol. The summed E-state index contributed by atoms with van der Waals surface area (Å²) in [5.74, 6) is 0. The van der Waals surface area contributed by atoms with Gasteiger partial charge in [-0.15, -0.1) is 0 Å². The van der Waals surface area contributed by atoms with Gasteiger partial charge >= 0.3 is 0 Å². The highest BCUT2D eigenvalue weighted by atomic mass is 15.0. The van der Waals surface area contributed by atoms with Crippen molar-refractivity contribution >= 4 is 0 Å². The van der Waals surface area contributed by atoms with E-state index in [1.807, 2.05) is 18.2 Å². The molecule has 1 N–H and O–H groups in total. The Hall–Kier alpha value is -1.33. The van der Waals surface area contributed by atoms with Gasteiger partial charge in [-0.1, -0.05) is 44.2 Å². The highest BCUT2D eigenvalue weighted by molar-refractivity contribution is 5.36. The summed E-state index contributed by atoms with van der Waals surface area (Å²) in [6, 6.07) is 13.9. The first-order valence-corrected chi connectivity index (χ1v) is 6.97. The molecule has 1 aromatic rings. The Labute approximate surface area is 110 Å². The van der Waals surface area contributed by atoms with Crippen LogP contribution in [0, 0.1) is 11.3 Å². The van der Waals surface area contributed by atoms with E-state index in [-0.39, 0.29) is 5.41 Å². The van der Waals surface area contributed by atoms with Gasteiger partial charge in [0.15, 0.2) is 0 Å². The molecule has 0 unspecified atom stereocenters. The normalized spacial score (nSPS) is 26.7. The number of nitrogens with one attached hydrogen (secondary N) is 1. The smallest absolute Gasteiger partial charge is 0.0852 e. The van der Waals surface area contributed by atoms with E-state index in [0.717, 1.165) is 25.7 Å². The molecule has 1 aliphatic rings. The lowest BCUT2D eigenvalue weighted by atomic mass is 9.62. The standard InChI is InChI=1S/C16H22N2/c1-3-14(4-2)18-15-10-16(11-15,12-17)13-8-6-5-7-9-13/h5-9,14-15,18H,3-4,10-11H2,1-2H3. The van der Waals surface area contributed by atoms with Crippen molar-refractivity contribution in [1.82, 2.24) is 5.32 Å². The predicted octanol–water partition coefficient (Wildman–Crippen LogP) is 3.39. The third-order valence-electron chi connectivity index (χ3n) is 4.19. The van der Waals surface area contributed by atoms with E-state index in [4.69, 9.17) is 0 Å². The minimum atomic E-state index is -0.245. The third-order valence-corrected chi connectivity index (χ3v) is 4.19. The van der Waals surface area contributed by atoms with Gasteiger partial charge in [0.2, 0.25) is 0 Å². The van der Waals surface area contributed by atoms with Gasteiger partial charge in [-0.2, -0.15) is 5.26 Å². The van der Waals surface area contributed by atoms with Crippen LogP contribution in [0.3, 0.4) is 0 Å².